The van der Waals surface area contributed by atoms with E-state index in [2.05, 4.69) is 10.3 Å². The fraction of sp³-hybridized carbons (Fsp3) is 0.316. The Hall–Kier alpha value is -2.20. The summed E-state index contributed by atoms with van der Waals surface area (Å²) >= 11 is 12.0. The number of hydrogen-bond acceptors (Lipinski definition) is 5. The van der Waals surface area contributed by atoms with Crippen LogP contribution in [0.5, 0.6) is 0 Å². The summed E-state index contributed by atoms with van der Waals surface area (Å²) in [4.78, 5) is 14.5. The highest BCUT2D eigenvalue weighted by atomic mass is 35.5. The lowest BCUT2D eigenvalue weighted by Gasteiger charge is -2.34. The van der Waals surface area contributed by atoms with E-state index in [1.165, 1.54) is 22.5 Å². The molecule has 2 aromatic carbocycles. The molecule has 2 heterocycles. The maximum atomic E-state index is 12.9. The molecule has 0 aliphatic carbocycles. The predicted molar refractivity (Wildman–Crippen MR) is 114 cm³/mol. The zero-order chi connectivity index (χ0) is 21.5. The van der Waals surface area contributed by atoms with Gasteiger partial charge in [-0.25, -0.2) is 13.1 Å². The van der Waals surface area contributed by atoms with E-state index in [0.29, 0.717) is 22.6 Å². The highest BCUT2D eigenvalue weighted by molar-refractivity contribution is 7.89. The summed E-state index contributed by atoms with van der Waals surface area (Å²) in [5, 5.41) is 8.57. The van der Waals surface area contributed by atoms with Crippen LogP contribution in [-0.4, -0.2) is 64.7 Å². The summed E-state index contributed by atoms with van der Waals surface area (Å²) < 4.78 is 29.0. The number of sulfonamides is 1. The molecule has 1 saturated heterocycles. The van der Waals surface area contributed by atoms with Gasteiger partial charge >= 0.3 is 0 Å². The number of fused-ring (bicyclic) bond motifs is 1. The molecule has 0 atom stereocenters. The number of nitrogens with zero attached hydrogens (tertiary/aromatic N) is 5. The second-order valence-corrected chi connectivity index (χ2v) is 9.63. The van der Waals surface area contributed by atoms with Crippen molar-refractivity contribution in [1.82, 2.24) is 24.2 Å². The first-order valence-corrected chi connectivity index (χ1v) is 11.6. The third-order valence-electron chi connectivity index (χ3n) is 5.10. The fourth-order valence-electron chi connectivity index (χ4n) is 3.47. The summed E-state index contributed by atoms with van der Waals surface area (Å²) in [6.45, 7) is 3.55. The molecular weight excluding hydrogens is 449 g/mol. The van der Waals surface area contributed by atoms with Crippen molar-refractivity contribution in [3.8, 4) is 0 Å². The number of amides is 1. The minimum absolute atomic E-state index is 0.0269. The van der Waals surface area contributed by atoms with Crippen molar-refractivity contribution in [3.05, 3.63) is 52.0 Å². The molecule has 0 N–H and O–H groups in total. The molecule has 0 saturated carbocycles. The Balaban J connectivity index is 1.49. The molecule has 4 rings (SSSR count). The first-order valence-electron chi connectivity index (χ1n) is 9.39. The number of aromatic nitrogens is 3. The maximum Gasteiger partial charge on any atom is 0.254 e. The van der Waals surface area contributed by atoms with Gasteiger partial charge in [0.2, 0.25) is 10.0 Å². The van der Waals surface area contributed by atoms with Crippen LogP contribution in [0.4, 0.5) is 0 Å². The van der Waals surface area contributed by atoms with Gasteiger partial charge < -0.3 is 4.90 Å². The second kappa shape index (κ2) is 8.14. The summed E-state index contributed by atoms with van der Waals surface area (Å²) in [6.07, 6.45) is 0. The number of rotatable bonds is 4. The molecule has 0 radical (unpaired) electrons. The van der Waals surface area contributed by atoms with Gasteiger partial charge in [-0.05, 0) is 43.3 Å². The summed E-state index contributed by atoms with van der Waals surface area (Å²) in [6, 6.07) is 9.63. The van der Waals surface area contributed by atoms with Gasteiger partial charge in [-0.1, -0.05) is 28.4 Å². The van der Waals surface area contributed by atoms with Gasteiger partial charge in [-0.15, -0.1) is 5.10 Å². The molecular formula is C19H19Cl2N5O3S. The Labute approximate surface area is 184 Å². The Kier molecular flexibility index (Phi) is 5.71. The van der Waals surface area contributed by atoms with Crippen LogP contribution in [0.2, 0.25) is 10.0 Å². The van der Waals surface area contributed by atoms with Crippen LogP contribution in [0, 0.1) is 0 Å². The monoisotopic (exact) mass is 467 g/mol. The average Bonchev–Trinajstić information content (AvgIpc) is 3.17. The van der Waals surface area contributed by atoms with Crippen molar-refractivity contribution < 1.29 is 13.2 Å². The van der Waals surface area contributed by atoms with Crippen LogP contribution >= 0.6 is 23.2 Å². The maximum absolute atomic E-state index is 12.9. The molecule has 158 valence electrons. The number of piperazine rings is 1. The number of carbonyl (C=O) groups excluding carboxylic acids is 1. The molecule has 1 amide bonds. The van der Waals surface area contributed by atoms with E-state index in [4.69, 9.17) is 23.2 Å². The van der Waals surface area contributed by atoms with E-state index in [-0.39, 0.29) is 42.0 Å². The highest BCUT2D eigenvalue weighted by Gasteiger charge is 2.32. The summed E-state index contributed by atoms with van der Waals surface area (Å²) in [5.41, 5.74) is 2.02. The molecule has 30 heavy (non-hydrogen) atoms. The molecule has 8 nitrogen and oxygen atoms in total. The Morgan fingerprint density at radius 1 is 1.07 bits per heavy atom. The van der Waals surface area contributed by atoms with Crippen LogP contribution in [0.1, 0.15) is 17.3 Å². The zero-order valence-electron chi connectivity index (χ0n) is 16.1. The van der Waals surface area contributed by atoms with E-state index >= 15 is 0 Å². The average molecular weight is 468 g/mol. The Morgan fingerprint density at radius 3 is 2.50 bits per heavy atom. The Bertz CT molecular complexity index is 1220. The van der Waals surface area contributed by atoms with Crippen LogP contribution in [0.15, 0.2) is 41.3 Å². The number of hydrogen-bond donors (Lipinski definition) is 0. The van der Waals surface area contributed by atoms with Gasteiger partial charge in [0.15, 0.2) is 0 Å². The topological polar surface area (TPSA) is 88.4 Å². The quantitative estimate of drug-likeness (QED) is 0.588. The van der Waals surface area contributed by atoms with Gasteiger partial charge in [-0.3, -0.25) is 4.79 Å². The molecule has 0 unspecified atom stereocenters. The summed E-state index contributed by atoms with van der Waals surface area (Å²) in [7, 11) is -3.80. The first kappa shape index (κ1) is 21.0. The lowest BCUT2D eigenvalue weighted by atomic mass is 10.1. The highest BCUT2D eigenvalue weighted by Crippen LogP contribution is 2.28. The number of carbonyl (C=O) groups is 1. The van der Waals surface area contributed by atoms with E-state index in [9.17, 15) is 13.2 Å². The minimum atomic E-state index is -3.80. The third-order valence-corrected chi connectivity index (χ3v) is 7.71. The minimum Gasteiger partial charge on any atom is -0.336 e. The van der Waals surface area contributed by atoms with Crippen molar-refractivity contribution >= 4 is 50.2 Å². The molecule has 0 spiro atoms. The van der Waals surface area contributed by atoms with Crippen LogP contribution in [-0.2, 0) is 16.6 Å². The predicted octanol–water partition coefficient (Wildman–Crippen LogP) is 2.90. The SMILES string of the molecule is CCn1nnc2cc(C(=O)N3CCN(S(=O)(=O)c4cc(Cl)ccc4Cl)CC3)ccc21. The van der Waals surface area contributed by atoms with E-state index in [1.807, 2.05) is 13.0 Å². The summed E-state index contributed by atoms with van der Waals surface area (Å²) in [5.74, 6) is -0.166. The van der Waals surface area contributed by atoms with Gasteiger partial charge in [0.1, 0.15) is 10.4 Å². The van der Waals surface area contributed by atoms with Crippen molar-refractivity contribution in [3.63, 3.8) is 0 Å². The lowest BCUT2D eigenvalue weighted by molar-refractivity contribution is 0.0698. The fourth-order valence-corrected chi connectivity index (χ4v) is 5.63. The molecule has 3 aromatic rings. The third kappa shape index (κ3) is 3.78. The second-order valence-electron chi connectivity index (χ2n) is 6.88. The van der Waals surface area contributed by atoms with E-state index in [1.54, 1.807) is 21.7 Å². The van der Waals surface area contributed by atoms with Crippen molar-refractivity contribution in [2.75, 3.05) is 26.2 Å². The Morgan fingerprint density at radius 2 is 1.80 bits per heavy atom. The van der Waals surface area contributed by atoms with Crippen molar-refractivity contribution in [1.29, 1.82) is 0 Å². The number of benzene rings is 2. The molecule has 0 bridgehead atoms. The van der Waals surface area contributed by atoms with Crippen LogP contribution in [0.25, 0.3) is 11.0 Å². The van der Waals surface area contributed by atoms with Crippen LogP contribution in [0.3, 0.4) is 0 Å². The molecule has 1 aromatic heterocycles. The van der Waals surface area contributed by atoms with Crippen molar-refractivity contribution in [2.24, 2.45) is 0 Å². The number of halogens is 2. The van der Waals surface area contributed by atoms with E-state index in [0.717, 1.165) is 5.52 Å². The van der Waals surface area contributed by atoms with Crippen molar-refractivity contribution in [2.45, 2.75) is 18.4 Å². The zero-order valence-corrected chi connectivity index (χ0v) is 18.5. The lowest BCUT2D eigenvalue weighted by Crippen LogP contribution is -2.50. The molecule has 1 aliphatic rings. The molecule has 11 heteroatoms. The van der Waals surface area contributed by atoms with Gasteiger partial charge in [0.05, 0.1) is 10.5 Å². The number of aryl methyl sites for hydroxylation is 1. The van der Waals surface area contributed by atoms with E-state index < -0.39 is 10.0 Å². The molecule has 1 aliphatic heterocycles. The van der Waals surface area contributed by atoms with Gasteiger partial charge in [-0.2, -0.15) is 4.31 Å². The first-order chi connectivity index (χ1) is 14.3. The largest absolute Gasteiger partial charge is 0.336 e. The standard InChI is InChI=1S/C19H19Cl2N5O3S/c1-2-26-17-6-3-13(11-16(17)22-23-26)19(27)24-7-9-25(10-8-24)30(28,29)18-12-14(20)4-5-15(18)21/h3-6,11-12H,2,7-10H2,1H3. The van der Waals surface area contributed by atoms with Gasteiger partial charge in [0, 0.05) is 43.3 Å². The normalized spacial score (nSPS) is 15.6. The molecule has 1 fully saturated rings. The smallest absolute Gasteiger partial charge is 0.254 e. The van der Waals surface area contributed by atoms with Crippen LogP contribution < -0.4 is 0 Å². The van der Waals surface area contributed by atoms with Gasteiger partial charge in [0.25, 0.3) is 5.91 Å².